The lowest BCUT2D eigenvalue weighted by molar-refractivity contribution is -0.140. The fraction of sp³-hybridized carbons (Fsp3) is 0.348. The van der Waals surface area contributed by atoms with E-state index in [-0.39, 0.29) is 30.7 Å². The third kappa shape index (κ3) is 6.88. The average Bonchev–Trinajstić information content (AvgIpc) is 2.74. The van der Waals surface area contributed by atoms with Crippen molar-refractivity contribution in [1.29, 1.82) is 0 Å². The van der Waals surface area contributed by atoms with Gasteiger partial charge in [0.1, 0.15) is 0 Å². The Kier molecular flexibility index (Phi) is 9.35. The average molecular weight is 432 g/mol. The normalized spacial score (nSPS) is 10.4. The predicted octanol–water partition coefficient (Wildman–Crippen LogP) is 4.79. The van der Waals surface area contributed by atoms with Gasteiger partial charge in [0, 0.05) is 23.6 Å². The van der Waals surface area contributed by atoms with Crippen LogP contribution in [0.5, 0.6) is 5.75 Å². The molecule has 1 amide bonds. The highest BCUT2D eigenvalue weighted by molar-refractivity contribution is 6.30. The summed E-state index contributed by atoms with van der Waals surface area (Å²) in [6.07, 6.45) is 2.95. The fourth-order valence-corrected chi connectivity index (χ4v) is 2.97. The van der Waals surface area contributed by atoms with Gasteiger partial charge in [0.2, 0.25) is 0 Å². The van der Waals surface area contributed by atoms with Crippen molar-refractivity contribution in [2.45, 2.75) is 39.0 Å². The number of methoxy groups -OCH3 is 1. The molecule has 0 aromatic heterocycles. The second-order valence-corrected chi connectivity index (χ2v) is 7.14. The number of rotatable bonds is 10. The van der Waals surface area contributed by atoms with Gasteiger partial charge in [-0.25, -0.2) is 0 Å². The first kappa shape index (κ1) is 23.4. The smallest absolute Gasteiger partial charge is 0.311 e. The molecule has 30 heavy (non-hydrogen) atoms. The summed E-state index contributed by atoms with van der Waals surface area (Å²) < 4.78 is 10.2. The first-order valence-electron chi connectivity index (χ1n) is 9.91. The Morgan fingerprint density at radius 1 is 0.967 bits per heavy atom. The molecule has 0 radical (unpaired) electrons. The number of ether oxygens (including phenoxy) is 2. The minimum absolute atomic E-state index is 0.0469. The number of nitrogens with one attached hydrogen (secondary N) is 1. The van der Waals surface area contributed by atoms with Gasteiger partial charge in [0.05, 0.1) is 19.1 Å². The number of halogens is 1. The SMILES string of the molecule is CCCCCC(=O)Oc1c(C(=O)NCCC(=O)OC)cccc1-c1ccc(Cl)cc1. The lowest BCUT2D eigenvalue weighted by Gasteiger charge is -2.15. The molecule has 0 atom stereocenters. The van der Waals surface area contributed by atoms with Gasteiger partial charge in [-0.2, -0.15) is 0 Å². The lowest BCUT2D eigenvalue weighted by Crippen LogP contribution is -2.27. The van der Waals surface area contributed by atoms with Gasteiger partial charge >= 0.3 is 11.9 Å². The summed E-state index contributed by atoms with van der Waals surface area (Å²) in [5.41, 5.74) is 1.59. The second-order valence-electron chi connectivity index (χ2n) is 6.70. The van der Waals surface area contributed by atoms with Gasteiger partial charge in [0.25, 0.3) is 5.91 Å². The molecule has 0 spiro atoms. The topological polar surface area (TPSA) is 81.7 Å². The standard InChI is InChI=1S/C23H26ClNO5/c1-3-4-5-9-21(27)30-22-18(16-10-12-17(24)13-11-16)7-6-8-19(22)23(28)25-15-14-20(26)29-2/h6-8,10-13H,3-5,9,14-15H2,1-2H3,(H,25,28). The van der Waals surface area contributed by atoms with Gasteiger partial charge in [-0.1, -0.05) is 55.6 Å². The molecule has 160 valence electrons. The number of hydrogen-bond acceptors (Lipinski definition) is 5. The maximum absolute atomic E-state index is 12.7. The molecule has 0 aliphatic rings. The van der Waals surface area contributed by atoms with Crippen LogP contribution in [-0.2, 0) is 14.3 Å². The van der Waals surface area contributed by atoms with Crippen LogP contribution < -0.4 is 10.1 Å². The maximum Gasteiger partial charge on any atom is 0.311 e. The van der Waals surface area contributed by atoms with Gasteiger partial charge < -0.3 is 14.8 Å². The molecule has 0 saturated heterocycles. The van der Waals surface area contributed by atoms with Crippen LogP contribution in [0, 0.1) is 0 Å². The van der Waals surface area contributed by atoms with Gasteiger partial charge in [0.15, 0.2) is 5.75 Å². The summed E-state index contributed by atoms with van der Waals surface area (Å²) in [7, 11) is 1.29. The third-order valence-corrected chi connectivity index (χ3v) is 4.71. The Hall–Kier alpha value is -2.86. The van der Waals surface area contributed by atoms with Crippen molar-refractivity contribution in [1.82, 2.24) is 5.32 Å². The molecule has 7 heteroatoms. The number of para-hydroxylation sites is 1. The Balaban J connectivity index is 2.31. The highest BCUT2D eigenvalue weighted by Gasteiger charge is 2.20. The van der Waals surface area contributed by atoms with Crippen LogP contribution in [0.4, 0.5) is 0 Å². The zero-order valence-corrected chi connectivity index (χ0v) is 18.0. The molecule has 0 heterocycles. The van der Waals surface area contributed by atoms with Crippen molar-refractivity contribution in [3.05, 3.63) is 53.1 Å². The van der Waals surface area contributed by atoms with Crippen LogP contribution in [0.15, 0.2) is 42.5 Å². The summed E-state index contributed by atoms with van der Waals surface area (Å²) >= 11 is 5.98. The predicted molar refractivity (Wildman–Crippen MR) is 116 cm³/mol. The number of benzene rings is 2. The van der Waals surface area contributed by atoms with E-state index in [1.807, 2.05) is 0 Å². The lowest BCUT2D eigenvalue weighted by atomic mass is 10.0. The molecule has 1 N–H and O–H groups in total. The molecule has 2 aromatic rings. The van der Waals surface area contributed by atoms with Crippen LogP contribution in [0.2, 0.25) is 5.02 Å². The van der Waals surface area contributed by atoms with E-state index in [9.17, 15) is 14.4 Å². The third-order valence-electron chi connectivity index (χ3n) is 4.46. The highest BCUT2D eigenvalue weighted by Crippen LogP contribution is 2.34. The minimum atomic E-state index is -0.439. The van der Waals surface area contributed by atoms with E-state index >= 15 is 0 Å². The molecule has 0 saturated carbocycles. The summed E-state index contributed by atoms with van der Waals surface area (Å²) in [6, 6.07) is 12.1. The number of unbranched alkanes of at least 4 members (excludes halogenated alkanes) is 2. The Labute approximate surface area is 181 Å². The number of amides is 1. The summed E-state index contributed by atoms with van der Waals surface area (Å²) in [5.74, 6) is -1.07. The molecular weight excluding hydrogens is 406 g/mol. The van der Waals surface area contributed by atoms with Gasteiger partial charge in [-0.15, -0.1) is 0 Å². The first-order chi connectivity index (χ1) is 14.5. The van der Waals surface area contributed by atoms with Crippen molar-refractivity contribution >= 4 is 29.4 Å². The van der Waals surface area contributed by atoms with E-state index in [4.69, 9.17) is 16.3 Å². The fourth-order valence-electron chi connectivity index (χ4n) is 2.84. The van der Waals surface area contributed by atoms with Gasteiger partial charge in [-0.05, 0) is 30.2 Å². The molecule has 0 unspecified atom stereocenters. The summed E-state index contributed by atoms with van der Waals surface area (Å²) in [4.78, 5) is 36.4. The Bertz CT molecular complexity index is 880. The van der Waals surface area contributed by atoms with E-state index in [0.717, 1.165) is 24.8 Å². The van der Waals surface area contributed by atoms with Crippen molar-refractivity contribution < 1.29 is 23.9 Å². The second kappa shape index (κ2) is 12.0. The molecule has 6 nitrogen and oxygen atoms in total. The van der Waals surface area contributed by atoms with E-state index in [1.54, 1.807) is 42.5 Å². The largest absolute Gasteiger partial charge is 0.469 e. The number of esters is 2. The monoisotopic (exact) mass is 431 g/mol. The maximum atomic E-state index is 12.7. The van der Waals surface area contributed by atoms with Crippen LogP contribution in [0.3, 0.4) is 0 Å². The summed E-state index contributed by atoms with van der Waals surface area (Å²) in [6.45, 7) is 2.17. The van der Waals surface area contributed by atoms with Crippen LogP contribution in [-0.4, -0.2) is 31.5 Å². The van der Waals surface area contributed by atoms with E-state index in [0.29, 0.717) is 10.6 Å². The van der Waals surface area contributed by atoms with Crippen LogP contribution in [0.1, 0.15) is 49.4 Å². The zero-order valence-electron chi connectivity index (χ0n) is 17.2. The van der Waals surface area contributed by atoms with E-state index in [1.165, 1.54) is 7.11 Å². The summed E-state index contributed by atoms with van der Waals surface area (Å²) in [5, 5.41) is 3.24. The Morgan fingerprint density at radius 2 is 1.70 bits per heavy atom. The molecule has 0 bridgehead atoms. The number of hydrogen-bond donors (Lipinski definition) is 1. The van der Waals surface area contributed by atoms with Crippen molar-refractivity contribution in [2.75, 3.05) is 13.7 Å². The van der Waals surface area contributed by atoms with Crippen molar-refractivity contribution in [3.63, 3.8) is 0 Å². The van der Waals surface area contributed by atoms with Crippen molar-refractivity contribution in [2.24, 2.45) is 0 Å². The molecule has 0 aliphatic carbocycles. The zero-order chi connectivity index (χ0) is 21.9. The molecular formula is C23H26ClNO5. The quantitative estimate of drug-likeness (QED) is 0.332. The van der Waals surface area contributed by atoms with Gasteiger partial charge in [-0.3, -0.25) is 14.4 Å². The number of carbonyl (C=O) groups excluding carboxylic acids is 3. The highest BCUT2D eigenvalue weighted by atomic mass is 35.5. The minimum Gasteiger partial charge on any atom is -0.469 e. The Morgan fingerprint density at radius 3 is 2.37 bits per heavy atom. The molecule has 2 aromatic carbocycles. The number of carbonyl (C=O) groups is 3. The molecule has 0 fully saturated rings. The van der Waals surface area contributed by atoms with Crippen molar-refractivity contribution in [3.8, 4) is 16.9 Å². The molecule has 0 aliphatic heterocycles. The van der Waals surface area contributed by atoms with E-state index in [2.05, 4.69) is 17.0 Å². The molecule has 2 rings (SSSR count). The van der Waals surface area contributed by atoms with Crippen LogP contribution >= 0.6 is 11.6 Å². The first-order valence-corrected chi connectivity index (χ1v) is 10.3. The van der Waals surface area contributed by atoms with Crippen LogP contribution in [0.25, 0.3) is 11.1 Å². The van der Waals surface area contributed by atoms with E-state index < -0.39 is 17.8 Å².